The van der Waals surface area contributed by atoms with Crippen LogP contribution >= 0.6 is 0 Å². The second-order valence-electron chi connectivity index (χ2n) is 5.26. The zero-order chi connectivity index (χ0) is 12.8. The molecule has 1 aliphatic rings. The van der Waals surface area contributed by atoms with Gasteiger partial charge in [0.15, 0.2) is 0 Å². The molecule has 1 atom stereocenters. The number of nitrogens with zero attached hydrogens (tertiary/aromatic N) is 3. The number of aromatic amines is 1. The van der Waals surface area contributed by atoms with E-state index in [1.807, 2.05) is 12.4 Å². The van der Waals surface area contributed by atoms with Crippen molar-refractivity contribution in [2.45, 2.75) is 25.8 Å². The first-order valence-electron chi connectivity index (χ1n) is 6.86. The van der Waals surface area contributed by atoms with Crippen molar-refractivity contribution in [1.29, 1.82) is 0 Å². The zero-order valence-corrected chi connectivity index (χ0v) is 11.0. The second-order valence-corrected chi connectivity index (χ2v) is 5.26. The highest BCUT2D eigenvalue weighted by Gasteiger charge is 2.21. The van der Waals surface area contributed by atoms with E-state index >= 15 is 0 Å². The van der Waals surface area contributed by atoms with Gasteiger partial charge in [0.2, 0.25) is 0 Å². The van der Waals surface area contributed by atoms with Gasteiger partial charge in [0.1, 0.15) is 17.0 Å². The standard InChI is InChI=1S/C14H17N5/c1-9-18-12-8-17-14-11(4-6-16-14)13(12)19(9)10-3-2-5-15-7-10/h4,6,8,10,15H,2-3,5,7H2,1H3,(H,16,17)/t10-/m1/s1. The lowest BCUT2D eigenvalue weighted by molar-refractivity contribution is 0.373. The Hall–Kier alpha value is -1.88. The summed E-state index contributed by atoms with van der Waals surface area (Å²) in [7, 11) is 0. The molecule has 0 spiro atoms. The van der Waals surface area contributed by atoms with Crippen LogP contribution in [0, 0.1) is 6.92 Å². The fourth-order valence-corrected chi connectivity index (χ4v) is 3.21. The minimum absolute atomic E-state index is 0.499. The third kappa shape index (κ3) is 1.58. The van der Waals surface area contributed by atoms with Crippen LogP contribution in [0.25, 0.3) is 22.1 Å². The summed E-state index contributed by atoms with van der Waals surface area (Å²) < 4.78 is 2.39. The van der Waals surface area contributed by atoms with E-state index < -0.39 is 0 Å². The summed E-state index contributed by atoms with van der Waals surface area (Å²) in [4.78, 5) is 12.3. The van der Waals surface area contributed by atoms with Crippen LogP contribution in [-0.4, -0.2) is 32.6 Å². The van der Waals surface area contributed by atoms with Gasteiger partial charge in [-0.1, -0.05) is 0 Å². The lowest BCUT2D eigenvalue weighted by atomic mass is 10.1. The quantitative estimate of drug-likeness (QED) is 0.700. The Morgan fingerprint density at radius 1 is 1.42 bits per heavy atom. The van der Waals surface area contributed by atoms with Crippen molar-refractivity contribution in [3.8, 4) is 0 Å². The lowest BCUT2D eigenvalue weighted by Gasteiger charge is -2.26. The van der Waals surface area contributed by atoms with Gasteiger partial charge in [-0.15, -0.1) is 0 Å². The maximum atomic E-state index is 4.68. The highest BCUT2D eigenvalue weighted by atomic mass is 15.1. The minimum Gasteiger partial charge on any atom is -0.346 e. The van der Waals surface area contributed by atoms with E-state index in [2.05, 4.69) is 37.8 Å². The second kappa shape index (κ2) is 4.06. The summed E-state index contributed by atoms with van der Waals surface area (Å²) in [5, 5.41) is 4.65. The Morgan fingerprint density at radius 2 is 2.37 bits per heavy atom. The monoisotopic (exact) mass is 255 g/mol. The van der Waals surface area contributed by atoms with Crippen LogP contribution in [0.15, 0.2) is 18.5 Å². The number of fused-ring (bicyclic) bond motifs is 3. The van der Waals surface area contributed by atoms with E-state index in [4.69, 9.17) is 0 Å². The topological polar surface area (TPSA) is 58.5 Å². The number of hydrogen-bond acceptors (Lipinski definition) is 3. The number of aromatic nitrogens is 4. The Balaban J connectivity index is 2.01. The molecule has 0 unspecified atom stereocenters. The highest BCUT2D eigenvalue weighted by Crippen LogP contribution is 2.29. The molecule has 3 aromatic rings. The molecule has 0 saturated carbocycles. The molecular weight excluding hydrogens is 238 g/mol. The van der Waals surface area contributed by atoms with Gasteiger partial charge < -0.3 is 14.9 Å². The van der Waals surface area contributed by atoms with Gasteiger partial charge in [0, 0.05) is 24.2 Å². The van der Waals surface area contributed by atoms with Crippen LogP contribution in [0.2, 0.25) is 0 Å². The van der Waals surface area contributed by atoms with Gasteiger partial charge >= 0.3 is 0 Å². The van der Waals surface area contributed by atoms with Crippen LogP contribution in [0.4, 0.5) is 0 Å². The first-order chi connectivity index (χ1) is 9.34. The molecule has 98 valence electrons. The SMILES string of the molecule is Cc1nc2cnc3[nH]ccc3c2n1[C@@H]1CCCNC1. The molecule has 5 heteroatoms. The zero-order valence-electron chi connectivity index (χ0n) is 11.0. The van der Waals surface area contributed by atoms with Crippen LogP contribution in [0.3, 0.4) is 0 Å². The van der Waals surface area contributed by atoms with Crippen LogP contribution in [0.1, 0.15) is 24.7 Å². The normalized spacial score (nSPS) is 20.4. The number of rotatable bonds is 1. The molecule has 5 nitrogen and oxygen atoms in total. The molecule has 0 radical (unpaired) electrons. The highest BCUT2D eigenvalue weighted by molar-refractivity contribution is 6.01. The molecule has 2 N–H and O–H groups in total. The summed E-state index contributed by atoms with van der Waals surface area (Å²) in [5.41, 5.74) is 3.16. The van der Waals surface area contributed by atoms with E-state index in [0.717, 1.165) is 30.1 Å². The van der Waals surface area contributed by atoms with Crippen LogP contribution in [-0.2, 0) is 0 Å². The van der Waals surface area contributed by atoms with Crippen LogP contribution < -0.4 is 5.32 Å². The van der Waals surface area contributed by atoms with Gasteiger partial charge in [-0.25, -0.2) is 9.97 Å². The first-order valence-corrected chi connectivity index (χ1v) is 6.86. The van der Waals surface area contributed by atoms with Crippen molar-refractivity contribution in [1.82, 2.24) is 24.8 Å². The van der Waals surface area contributed by atoms with Crippen molar-refractivity contribution >= 4 is 22.1 Å². The molecule has 4 rings (SSSR count). The fraction of sp³-hybridized carbons (Fsp3) is 0.429. The van der Waals surface area contributed by atoms with Gasteiger partial charge in [0.25, 0.3) is 0 Å². The molecule has 4 heterocycles. The summed E-state index contributed by atoms with van der Waals surface area (Å²) in [6.45, 7) is 4.25. The predicted octanol–water partition coefficient (Wildman–Crippen LogP) is 2.15. The van der Waals surface area contributed by atoms with Gasteiger partial charge in [-0.2, -0.15) is 0 Å². The molecule has 19 heavy (non-hydrogen) atoms. The molecule has 1 saturated heterocycles. The van der Waals surface area contributed by atoms with E-state index in [1.165, 1.54) is 23.7 Å². The number of imidazole rings is 1. The maximum absolute atomic E-state index is 4.68. The summed E-state index contributed by atoms with van der Waals surface area (Å²) >= 11 is 0. The molecule has 0 aliphatic carbocycles. The average molecular weight is 255 g/mol. The van der Waals surface area contributed by atoms with Crippen molar-refractivity contribution in [3.05, 3.63) is 24.3 Å². The third-order valence-corrected chi connectivity index (χ3v) is 4.05. The molecule has 1 aliphatic heterocycles. The number of hydrogen-bond donors (Lipinski definition) is 2. The Kier molecular flexibility index (Phi) is 2.35. The van der Waals surface area contributed by atoms with E-state index in [1.54, 1.807) is 0 Å². The van der Waals surface area contributed by atoms with Crippen molar-refractivity contribution < 1.29 is 0 Å². The summed E-state index contributed by atoms with van der Waals surface area (Å²) in [6, 6.07) is 2.60. The Labute approximate surface area is 111 Å². The Morgan fingerprint density at radius 3 is 3.21 bits per heavy atom. The largest absolute Gasteiger partial charge is 0.346 e. The molecule has 3 aromatic heterocycles. The number of piperidine rings is 1. The summed E-state index contributed by atoms with van der Waals surface area (Å²) in [6.07, 6.45) is 6.26. The minimum atomic E-state index is 0.499. The van der Waals surface area contributed by atoms with Crippen LogP contribution in [0.5, 0.6) is 0 Å². The average Bonchev–Trinajstić information content (AvgIpc) is 3.02. The van der Waals surface area contributed by atoms with Crippen molar-refractivity contribution in [2.75, 3.05) is 13.1 Å². The lowest BCUT2D eigenvalue weighted by Crippen LogP contribution is -2.32. The smallest absolute Gasteiger partial charge is 0.139 e. The van der Waals surface area contributed by atoms with Crippen molar-refractivity contribution in [3.63, 3.8) is 0 Å². The van der Waals surface area contributed by atoms with E-state index in [9.17, 15) is 0 Å². The predicted molar refractivity (Wildman–Crippen MR) is 75.3 cm³/mol. The number of aryl methyl sites for hydroxylation is 1. The van der Waals surface area contributed by atoms with E-state index in [0.29, 0.717) is 6.04 Å². The van der Waals surface area contributed by atoms with Crippen molar-refractivity contribution in [2.24, 2.45) is 0 Å². The van der Waals surface area contributed by atoms with E-state index in [-0.39, 0.29) is 0 Å². The molecule has 0 bridgehead atoms. The molecular formula is C14H17N5. The number of pyridine rings is 1. The molecule has 0 amide bonds. The summed E-state index contributed by atoms with van der Waals surface area (Å²) in [5.74, 6) is 1.08. The fourth-order valence-electron chi connectivity index (χ4n) is 3.21. The first kappa shape index (κ1) is 11.0. The van der Waals surface area contributed by atoms with Gasteiger partial charge in [-0.05, 0) is 32.4 Å². The number of H-pyrrole nitrogens is 1. The number of nitrogens with one attached hydrogen (secondary N) is 2. The van der Waals surface area contributed by atoms with Gasteiger partial charge in [0.05, 0.1) is 11.7 Å². The maximum Gasteiger partial charge on any atom is 0.139 e. The molecule has 0 aromatic carbocycles. The molecule has 1 fully saturated rings. The van der Waals surface area contributed by atoms with Gasteiger partial charge in [-0.3, -0.25) is 0 Å². The third-order valence-electron chi connectivity index (χ3n) is 4.05. The Bertz CT molecular complexity index is 733.